The van der Waals surface area contributed by atoms with Crippen LogP contribution in [0.15, 0.2) is 54.7 Å². The Bertz CT molecular complexity index is 1180. The van der Waals surface area contributed by atoms with Crippen LogP contribution in [-0.2, 0) is 19.3 Å². The number of hydrogen-bond acceptors (Lipinski definition) is 4. The number of aryl methyl sites for hydroxylation is 3. The highest BCUT2D eigenvalue weighted by Gasteiger charge is 2.09. The molecule has 0 unspecified atom stereocenters. The van der Waals surface area contributed by atoms with Gasteiger partial charge in [0, 0.05) is 17.0 Å². The lowest BCUT2D eigenvalue weighted by Crippen LogP contribution is -1.99. The van der Waals surface area contributed by atoms with Gasteiger partial charge in [0.1, 0.15) is 5.52 Å². The van der Waals surface area contributed by atoms with Gasteiger partial charge in [-0.25, -0.2) is 9.78 Å². The Morgan fingerprint density at radius 2 is 1.68 bits per heavy atom. The molecular formula is C23H21N3O2. The van der Waals surface area contributed by atoms with Crippen molar-refractivity contribution in [2.75, 3.05) is 5.73 Å². The third-order valence-electron chi connectivity index (χ3n) is 5.09. The van der Waals surface area contributed by atoms with Crippen LogP contribution in [-0.4, -0.2) is 21.0 Å². The number of hydrogen-bond donors (Lipinski definition) is 2. The summed E-state index contributed by atoms with van der Waals surface area (Å²) in [5, 5.41) is 11.1. The maximum Gasteiger partial charge on any atom is 0.335 e. The lowest BCUT2D eigenvalue weighted by Gasteiger charge is -2.09. The Labute approximate surface area is 162 Å². The second kappa shape index (κ2) is 7.27. The van der Waals surface area contributed by atoms with E-state index in [4.69, 9.17) is 10.8 Å². The first-order chi connectivity index (χ1) is 13.5. The van der Waals surface area contributed by atoms with Crippen molar-refractivity contribution in [3.63, 3.8) is 0 Å². The summed E-state index contributed by atoms with van der Waals surface area (Å²) in [6.07, 6.45) is 4.42. The van der Waals surface area contributed by atoms with Crippen molar-refractivity contribution in [1.82, 2.24) is 9.97 Å². The predicted molar refractivity (Wildman–Crippen MR) is 112 cm³/mol. The topological polar surface area (TPSA) is 89.1 Å². The van der Waals surface area contributed by atoms with Gasteiger partial charge in [0.2, 0.25) is 0 Å². The molecule has 0 bridgehead atoms. The highest BCUT2D eigenvalue weighted by atomic mass is 16.4. The standard InChI is InChI=1S/C23H21N3O2/c1-2-14-7-10-18-19-11-16(13-25-21(19)22(24)26-20(18)12-14)4-3-15-5-8-17(9-6-15)23(27)28/h5-13H,2-4H2,1H3,(H2,24,26)(H,27,28). The minimum Gasteiger partial charge on any atom is -0.478 e. The molecule has 4 rings (SSSR count). The predicted octanol–water partition coefficient (Wildman–Crippen LogP) is 4.41. The fraction of sp³-hybridized carbons (Fsp3) is 0.174. The third-order valence-corrected chi connectivity index (χ3v) is 5.09. The van der Waals surface area contributed by atoms with Crippen LogP contribution in [0.4, 0.5) is 5.82 Å². The van der Waals surface area contributed by atoms with E-state index in [1.54, 1.807) is 12.1 Å². The first-order valence-corrected chi connectivity index (χ1v) is 9.34. The van der Waals surface area contributed by atoms with Crippen molar-refractivity contribution in [2.45, 2.75) is 26.2 Å². The van der Waals surface area contributed by atoms with Crippen LogP contribution >= 0.6 is 0 Å². The summed E-state index contributed by atoms with van der Waals surface area (Å²) in [4.78, 5) is 20.1. The third kappa shape index (κ3) is 3.39. The Kier molecular flexibility index (Phi) is 4.65. The van der Waals surface area contributed by atoms with Gasteiger partial charge in [-0.05, 0) is 60.2 Å². The van der Waals surface area contributed by atoms with E-state index in [9.17, 15) is 4.79 Å². The number of rotatable bonds is 5. The molecule has 5 nitrogen and oxygen atoms in total. The van der Waals surface area contributed by atoms with Crippen LogP contribution in [0.3, 0.4) is 0 Å². The van der Waals surface area contributed by atoms with Crippen molar-refractivity contribution < 1.29 is 9.90 Å². The number of benzene rings is 2. The summed E-state index contributed by atoms with van der Waals surface area (Å²) >= 11 is 0. The van der Waals surface area contributed by atoms with Crippen LogP contribution in [0.5, 0.6) is 0 Å². The number of aromatic carboxylic acids is 1. The van der Waals surface area contributed by atoms with Crippen LogP contribution < -0.4 is 5.73 Å². The molecule has 0 spiro atoms. The Balaban J connectivity index is 1.66. The van der Waals surface area contributed by atoms with E-state index in [0.717, 1.165) is 52.2 Å². The van der Waals surface area contributed by atoms with Crippen LogP contribution in [0.1, 0.15) is 34.0 Å². The summed E-state index contributed by atoms with van der Waals surface area (Å²) in [6, 6.07) is 15.4. The monoisotopic (exact) mass is 371 g/mol. The minimum atomic E-state index is -0.908. The molecule has 0 fully saturated rings. The van der Waals surface area contributed by atoms with E-state index in [-0.39, 0.29) is 0 Å². The van der Waals surface area contributed by atoms with Crippen molar-refractivity contribution in [2.24, 2.45) is 0 Å². The van der Waals surface area contributed by atoms with Gasteiger partial charge in [0.15, 0.2) is 5.82 Å². The number of nitrogens with two attached hydrogens (primary N) is 1. The molecule has 3 N–H and O–H groups in total. The molecule has 28 heavy (non-hydrogen) atoms. The Morgan fingerprint density at radius 1 is 0.964 bits per heavy atom. The quantitative estimate of drug-likeness (QED) is 0.507. The number of nitrogens with zero attached hydrogens (tertiary/aromatic N) is 2. The molecule has 0 atom stereocenters. The van der Waals surface area contributed by atoms with Gasteiger partial charge >= 0.3 is 5.97 Å². The highest BCUT2D eigenvalue weighted by molar-refractivity contribution is 6.08. The van der Waals surface area contributed by atoms with E-state index >= 15 is 0 Å². The van der Waals surface area contributed by atoms with Crippen LogP contribution in [0.25, 0.3) is 21.8 Å². The summed E-state index contributed by atoms with van der Waals surface area (Å²) in [5.74, 6) is -0.457. The zero-order chi connectivity index (χ0) is 19.7. The number of carboxylic acids is 1. The first kappa shape index (κ1) is 17.9. The smallest absolute Gasteiger partial charge is 0.335 e. The minimum absolute atomic E-state index is 0.303. The lowest BCUT2D eigenvalue weighted by molar-refractivity contribution is 0.0697. The number of fused-ring (bicyclic) bond motifs is 3. The molecule has 2 aromatic carbocycles. The molecule has 140 valence electrons. The Hall–Kier alpha value is -3.47. The van der Waals surface area contributed by atoms with Gasteiger partial charge in [-0.1, -0.05) is 31.2 Å². The first-order valence-electron chi connectivity index (χ1n) is 9.34. The van der Waals surface area contributed by atoms with Gasteiger partial charge in [0.05, 0.1) is 11.1 Å². The fourth-order valence-electron chi connectivity index (χ4n) is 3.46. The maximum atomic E-state index is 11.0. The molecule has 0 aliphatic carbocycles. The van der Waals surface area contributed by atoms with E-state index in [2.05, 4.69) is 41.2 Å². The zero-order valence-electron chi connectivity index (χ0n) is 15.6. The molecule has 2 heterocycles. The van der Waals surface area contributed by atoms with Crippen LogP contribution in [0.2, 0.25) is 0 Å². The Morgan fingerprint density at radius 3 is 2.39 bits per heavy atom. The molecule has 4 aromatic rings. The number of aromatic nitrogens is 2. The normalized spacial score (nSPS) is 11.2. The van der Waals surface area contributed by atoms with Crippen molar-refractivity contribution in [1.29, 1.82) is 0 Å². The highest BCUT2D eigenvalue weighted by Crippen LogP contribution is 2.28. The number of anilines is 1. The molecule has 0 saturated heterocycles. The average Bonchev–Trinajstić information content (AvgIpc) is 2.72. The number of pyridine rings is 2. The number of nitrogen functional groups attached to an aromatic ring is 1. The maximum absolute atomic E-state index is 11.0. The van der Waals surface area contributed by atoms with Gasteiger partial charge in [-0.3, -0.25) is 4.98 Å². The summed E-state index contributed by atoms with van der Waals surface area (Å²) < 4.78 is 0. The number of carbonyl (C=O) groups is 1. The largest absolute Gasteiger partial charge is 0.478 e. The molecule has 5 heteroatoms. The second-order valence-corrected chi connectivity index (χ2v) is 6.94. The summed E-state index contributed by atoms with van der Waals surface area (Å²) in [5.41, 5.74) is 11.5. The molecule has 0 saturated carbocycles. The molecule has 2 aromatic heterocycles. The van der Waals surface area contributed by atoms with Gasteiger partial charge in [-0.15, -0.1) is 0 Å². The van der Waals surface area contributed by atoms with E-state index in [0.29, 0.717) is 11.4 Å². The van der Waals surface area contributed by atoms with Crippen molar-refractivity contribution in [3.8, 4) is 0 Å². The van der Waals surface area contributed by atoms with Crippen molar-refractivity contribution in [3.05, 3.63) is 77.0 Å². The van der Waals surface area contributed by atoms with Gasteiger partial charge in [0.25, 0.3) is 0 Å². The van der Waals surface area contributed by atoms with Gasteiger partial charge < -0.3 is 10.8 Å². The fourth-order valence-corrected chi connectivity index (χ4v) is 3.46. The number of carboxylic acid groups (broad SMARTS) is 1. The van der Waals surface area contributed by atoms with E-state index in [1.807, 2.05) is 18.3 Å². The van der Waals surface area contributed by atoms with Gasteiger partial charge in [-0.2, -0.15) is 0 Å². The second-order valence-electron chi connectivity index (χ2n) is 6.94. The van der Waals surface area contributed by atoms with Crippen molar-refractivity contribution >= 4 is 33.6 Å². The molecule has 0 aliphatic heterocycles. The lowest BCUT2D eigenvalue weighted by atomic mass is 10.0. The summed E-state index contributed by atoms with van der Waals surface area (Å²) in [7, 11) is 0. The molecule has 0 radical (unpaired) electrons. The van der Waals surface area contributed by atoms with E-state index in [1.165, 1.54) is 5.56 Å². The van der Waals surface area contributed by atoms with E-state index < -0.39 is 5.97 Å². The molecular weight excluding hydrogens is 350 g/mol. The average molecular weight is 371 g/mol. The SMILES string of the molecule is CCc1ccc2c(c1)nc(N)c1ncc(CCc3ccc(C(=O)O)cc3)cc12. The zero-order valence-corrected chi connectivity index (χ0v) is 15.6. The summed E-state index contributed by atoms with van der Waals surface area (Å²) in [6.45, 7) is 2.12. The molecule has 0 amide bonds. The van der Waals surface area contributed by atoms with Crippen LogP contribution in [0, 0.1) is 0 Å². The molecule has 0 aliphatic rings.